The number of ether oxygens (including phenoxy) is 1. The van der Waals surface area contributed by atoms with Crippen molar-refractivity contribution in [3.05, 3.63) is 90.0 Å². The molecule has 3 aromatic carbocycles. The van der Waals surface area contributed by atoms with Crippen LogP contribution in [0.15, 0.2) is 78.9 Å². The summed E-state index contributed by atoms with van der Waals surface area (Å²) in [4.78, 5) is 12.7. The average molecular weight is 373 g/mol. The molecule has 4 rings (SSSR count). The number of piperidine rings is 1. The van der Waals surface area contributed by atoms with Crippen molar-refractivity contribution in [2.45, 2.75) is 18.4 Å². The Morgan fingerprint density at radius 2 is 1.68 bits per heavy atom. The van der Waals surface area contributed by atoms with Gasteiger partial charge in [-0.3, -0.25) is 0 Å². The van der Waals surface area contributed by atoms with E-state index in [2.05, 4.69) is 5.32 Å². The van der Waals surface area contributed by atoms with Gasteiger partial charge in [0.2, 0.25) is 0 Å². The maximum absolute atomic E-state index is 12.7. The molecule has 0 bridgehead atoms. The number of carbonyl (C=O) groups is 1. The molecule has 4 heteroatoms. The number of carbonyl (C=O) groups excluding carboxylic acids is 1. The summed E-state index contributed by atoms with van der Waals surface area (Å²) in [6.45, 7) is 1.47. The van der Waals surface area contributed by atoms with Crippen LogP contribution in [-0.4, -0.2) is 30.3 Å². The summed E-state index contributed by atoms with van der Waals surface area (Å²) < 4.78 is 5.85. The topological polar surface area (TPSA) is 58.6 Å². The van der Waals surface area contributed by atoms with Crippen molar-refractivity contribution in [2.75, 3.05) is 13.1 Å². The molecule has 1 aliphatic rings. The molecule has 2 atom stereocenters. The van der Waals surface area contributed by atoms with Crippen molar-refractivity contribution >= 4 is 5.97 Å². The Morgan fingerprint density at radius 1 is 0.929 bits per heavy atom. The van der Waals surface area contributed by atoms with Gasteiger partial charge in [0, 0.05) is 12.5 Å². The van der Waals surface area contributed by atoms with Crippen LogP contribution < -0.4 is 5.32 Å². The third-order valence-corrected chi connectivity index (χ3v) is 5.21. The van der Waals surface area contributed by atoms with Gasteiger partial charge in [-0.15, -0.1) is 0 Å². The summed E-state index contributed by atoms with van der Waals surface area (Å²) in [5.74, 6) is -0.0167. The molecular formula is C24H23NO3. The highest BCUT2D eigenvalue weighted by atomic mass is 16.5. The Labute approximate surface area is 164 Å². The first-order valence-electron chi connectivity index (χ1n) is 9.57. The zero-order chi connectivity index (χ0) is 19.3. The van der Waals surface area contributed by atoms with E-state index in [1.54, 1.807) is 12.1 Å². The summed E-state index contributed by atoms with van der Waals surface area (Å²) in [5.41, 5.74) is 3.72. The molecule has 0 aromatic heterocycles. The lowest BCUT2D eigenvalue weighted by Gasteiger charge is -2.32. The highest BCUT2D eigenvalue weighted by Crippen LogP contribution is 2.30. The van der Waals surface area contributed by atoms with E-state index in [1.165, 1.54) is 0 Å². The predicted molar refractivity (Wildman–Crippen MR) is 109 cm³/mol. The van der Waals surface area contributed by atoms with Crippen LogP contribution >= 0.6 is 0 Å². The van der Waals surface area contributed by atoms with Gasteiger partial charge in [-0.2, -0.15) is 0 Å². The maximum atomic E-state index is 12.7. The SMILES string of the molecule is O=C(O[C@H]1CNCC[C@@H]1c1cccc(O)c1)c1ccc(-c2ccccc2)cc1. The number of hydrogen-bond donors (Lipinski definition) is 2. The van der Waals surface area contributed by atoms with Gasteiger partial charge in [0.05, 0.1) is 5.56 Å². The molecule has 0 unspecified atom stereocenters. The second-order valence-corrected chi connectivity index (χ2v) is 7.08. The summed E-state index contributed by atoms with van der Waals surface area (Å²) in [7, 11) is 0. The standard InChI is InChI=1S/C24H23NO3/c26-21-8-4-7-20(15-21)22-13-14-25-16-23(22)28-24(27)19-11-9-18(10-12-19)17-5-2-1-3-6-17/h1-12,15,22-23,25-26H,13-14,16H2/t22-,23+/m1/s1. The number of phenols is 1. The molecule has 0 aliphatic carbocycles. The van der Waals surface area contributed by atoms with Crippen molar-refractivity contribution < 1.29 is 14.6 Å². The Balaban J connectivity index is 1.48. The van der Waals surface area contributed by atoms with Crippen LogP contribution in [0.5, 0.6) is 5.75 Å². The summed E-state index contributed by atoms with van der Waals surface area (Å²) in [6, 6.07) is 24.8. The van der Waals surface area contributed by atoms with Crippen molar-refractivity contribution in [1.29, 1.82) is 0 Å². The molecule has 1 heterocycles. The lowest BCUT2D eigenvalue weighted by molar-refractivity contribution is 0.0182. The van der Waals surface area contributed by atoms with Crippen LogP contribution in [-0.2, 0) is 4.74 Å². The van der Waals surface area contributed by atoms with E-state index in [4.69, 9.17) is 4.74 Å². The van der Waals surface area contributed by atoms with E-state index in [0.717, 1.165) is 29.7 Å². The maximum Gasteiger partial charge on any atom is 0.338 e. The van der Waals surface area contributed by atoms with E-state index in [9.17, 15) is 9.90 Å². The van der Waals surface area contributed by atoms with Gasteiger partial charge in [0.1, 0.15) is 11.9 Å². The number of nitrogens with one attached hydrogen (secondary N) is 1. The number of benzene rings is 3. The molecular weight excluding hydrogens is 350 g/mol. The molecule has 1 saturated heterocycles. The van der Waals surface area contributed by atoms with E-state index < -0.39 is 0 Å². The lowest BCUT2D eigenvalue weighted by atomic mass is 9.87. The average Bonchev–Trinajstić information content (AvgIpc) is 2.75. The lowest BCUT2D eigenvalue weighted by Crippen LogP contribution is -2.42. The zero-order valence-corrected chi connectivity index (χ0v) is 15.5. The predicted octanol–water partition coefficient (Wildman–Crippen LogP) is 4.36. The van der Waals surface area contributed by atoms with Crippen LogP contribution in [0.25, 0.3) is 11.1 Å². The van der Waals surface area contributed by atoms with Gasteiger partial charge in [0.15, 0.2) is 0 Å². The number of aromatic hydroxyl groups is 1. The minimum Gasteiger partial charge on any atom is -0.508 e. The Bertz CT molecular complexity index is 938. The monoisotopic (exact) mass is 373 g/mol. The summed E-state index contributed by atoms with van der Waals surface area (Å²) in [6.07, 6.45) is 0.589. The molecule has 3 aromatic rings. The number of hydrogen-bond acceptors (Lipinski definition) is 4. The van der Waals surface area contributed by atoms with Gasteiger partial charge in [-0.25, -0.2) is 4.79 Å². The number of phenolic OH excluding ortho intramolecular Hbond substituents is 1. The van der Waals surface area contributed by atoms with Gasteiger partial charge >= 0.3 is 5.97 Å². The summed E-state index contributed by atoms with van der Waals surface area (Å²) >= 11 is 0. The zero-order valence-electron chi connectivity index (χ0n) is 15.5. The van der Waals surface area contributed by atoms with Crippen molar-refractivity contribution in [3.8, 4) is 16.9 Å². The Morgan fingerprint density at radius 3 is 2.43 bits per heavy atom. The molecule has 4 nitrogen and oxygen atoms in total. The fourth-order valence-corrected chi connectivity index (χ4v) is 3.73. The fourth-order valence-electron chi connectivity index (χ4n) is 3.73. The second kappa shape index (κ2) is 8.28. The molecule has 1 fully saturated rings. The quantitative estimate of drug-likeness (QED) is 0.667. The van der Waals surface area contributed by atoms with Crippen molar-refractivity contribution in [2.24, 2.45) is 0 Å². The number of rotatable bonds is 4. The molecule has 0 radical (unpaired) electrons. The first-order valence-corrected chi connectivity index (χ1v) is 9.57. The van der Waals surface area contributed by atoms with Crippen LogP contribution in [0.4, 0.5) is 0 Å². The van der Waals surface area contributed by atoms with Crippen LogP contribution in [0.3, 0.4) is 0 Å². The second-order valence-electron chi connectivity index (χ2n) is 7.08. The highest BCUT2D eigenvalue weighted by molar-refractivity contribution is 5.90. The van der Waals surface area contributed by atoms with E-state index in [0.29, 0.717) is 12.1 Å². The molecule has 1 aliphatic heterocycles. The smallest absolute Gasteiger partial charge is 0.338 e. The van der Waals surface area contributed by atoms with Crippen molar-refractivity contribution in [3.63, 3.8) is 0 Å². The van der Waals surface area contributed by atoms with E-state index in [-0.39, 0.29) is 23.7 Å². The third-order valence-electron chi connectivity index (χ3n) is 5.21. The molecule has 2 N–H and O–H groups in total. The van der Waals surface area contributed by atoms with Crippen molar-refractivity contribution in [1.82, 2.24) is 5.32 Å². The normalized spacial score (nSPS) is 19.1. The third kappa shape index (κ3) is 4.07. The number of esters is 1. The van der Waals surface area contributed by atoms with Crippen LogP contribution in [0.1, 0.15) is 28.3 Å². The van der Waals surface area contributed by atoms with Gasteiger partial charge in [0.25, 0.3) is 0 Å². The van der Waals surface area contributed by atoms with Gasteiger partial charge < -0.3 is 15.2 Å². The minimum absolute atomic E-state index is 0.0703. The minimum atomic E-state index is -0.321. The molecule has 0 amide bonds. The Kier molecular flexibility index (Phi) is 5.40. The largest absolute Gasteiger partial charge is 0.508 e. The molecule has 142 valence electrons. The summed E-state index contributed by atoms with van der Waals surface area (Å²) in [5, 5.41) is 13.1. The van der Waals surface area contributed by atoms with E-state index in [1.807, 2.05) is 66.7 Å². The van der Waals surface area contributed by atoms with Gasteiger partial charge in [-0.05, 0) is 53.9 Å². The Hall–Kier alpha value is -3.11. The molecule has 28 heavy (non-hydrogen) atoms. The highest BCUT2D eigenvalue weighted by Gasteiger charge is 2.30. The van der Waals surface area contributed by atoms with Crippen LogP contribution in [0, 0.1) is 0 Å². The first-order chi connectivity index (χ1) is 13.7. The molecule has 0 spiro atoms. The first kappa shape index (κ1) is 18.3. The fraction of sp³-hybridized carbons (Fsp3) is 0.208. The molecule has 0 saturated carbocycles. The van der Waals surface area contributed by atoms with Crippen LogP contribution in [0.2, 0.25) is 0 Å². The van der Waals surface area contributed by atoms with E-state index >= 15 is 0 Å². The van der Waals surface area contributed by atoms with Gasteiger partial charge in [-0.1, -0.05) is 54.6 Å².